The van der Waals surface area contributed by atoms with Gasteiger partial charge in [-0.1, -0.05) is 23.7 Å². The lowest BCUT2D eigenvalue weighted by atomic mass is 10.1. The van der Waals surface area contributed by atoms with Crippen LogP contribution in [0.4, 0.5) is 4.39 Å². The highest BCUT2D eigenvalue weighted by atomic mass is 79.9. The lowest BCUT2D eigenvalue weighted by molar-refractivity contribution is 0.178. The van der Waals surface area contributed by atoms with Crippen LogP contribution in [0.25, 0.3) is 0 Å². The molecular weight excluding hydrogens is 327 g/mol. The van der Waals surface area contributed by atoms with E-state index in [-0.39, 0.29) is 5.82 Å². The summed E-state index contributed by atoms with van der Waals surface area (Å²) in [5.74, 6) is -0.370. The number of halogens is 3. The van der Waals surface area contributed by atoms with Crippen molar-refractivity contribution in [1.82, 2.24) is 0 Å². The maximum atomic E-state index is 13.3. The summed E-state index contributed by atoms with van der Waals surface area (Å²) in [5, 5.41) is 10.1. The van der Waals surface area contributed by atoms with Gasteiger partial charge in [0, 0.05) is 11.3 Å². The standard InChI is InChI=1S/C12H9BrClFOS/c13-12-8(2-1-3-9(12)15)10(16)6-7-4-5-11(14)17-7/h1-5,10,16H,6H2. The van der Waals surface area contributed by atoms with Gasteiger partial charge < -0.3 is 5.11 Å². The summed E-state index contributed by atoms with van der Waals surface area (Å²) >= 11 is 10.4. The fourth-order valence-electron chi connectivity index (χ4n) is 1.54. The first-order valence-corrected chi connectivity index (χ1v) is 6.93. The Morgan fingerprint density at radius 1 is 1.35 bits per heavy atom. The normalized spacial score (nSPS) is 12.7. The highest BCUT2D eigenvalue weighted by Crippen LogP contribution is 2.31. The summed E-state index contributed by atoms with van der Waals surface area (Å²) in [6, 6.07) is 8.29. The molecule has 0 spiro atoms. The SMILES string of the molecule is OC(Cc1ccc(Cl)s1)c1cccc(F)c1Br. The molecule has 0 bridgehead atoms. The first kappa shape index (κ1) is 13.0. The Morgan fingerprint density at radius 2 is 2.12 bits per heavy atom. The second kappa shape index (κ2) is 5.48. The molecule has 1 aromatic carbocycles. The largest absolute Gasteiger partial charge is 0.388 e. The third-order valence-corrected chi connectivity index (χ3v) is 4.45. The maximum Gasteiger partial charge on any atom is 0.137 e. The van der Waals surface area contributed by atoms with E-state index >= 15 is 0 Å². The van der Waals surface area contributed by atoms with Gasteiger partial charge in [0.2, 0.25) is 0 Å². The van der Waals surface area contributed by atoms with Crippen molar-refractivity contribution in [3.8, 4) is 0 Å². The smallest absolute Gasteiger partial charge is 0.137 e. The number of aliphatic hydroxyl groups is 1. The Balaban J connectivity index is 2.20. The van der Waals surface area contributed by atoms with Gasteiger partial charge in [-0.2, -0.15) is 0 Å². The maximum absolute atomic E-state index is 13.3. The Morgan fingerprint density at radius 3 is 2.76 bits per heavy atom. The first-order valence-electron chi connectivity index (χ1n) is 4.94. The van der Waals surface area contributed by atoms with Gasteiger partial charge in [-0.3, -0.25) is 0 Å². The third-order valence-electron chi connectivity index (χ3n) is 2.36. The van der Waals surface area contributed by atoms with Gasteiger partial charge >= 0.3 is 0 Å². The predicted molar refractivity (Wildman–Crippen MR) is 72.1 cm³/mol. The van der Waals surface area contributed by atoms with Crippen LogP contribution >= 0.6 is 38.9 Å². The van der Waals surface area contributed by atoms with Crippen LogP contribution in [0.2, 0.25) is 4.34 Å². The van der Waals surface area contributed by atoms with Gasteiger partial charge in [0.15, 0.2) is 0 Å². The summed E-state index contributed by atoms with van der Waals surface area (Å²) in [7, 11) is 0. The van der Waals surface area contributed by atoms with E-state index in [9.17, 15) is 9.50 Å². The van der Waals surface area contributed by atoms with Crippen molar-refractivity contribution < 1.29 is 9.50 Å². The van der Waals surface area contributed by atoms with Crippen LogP contribution in [0, 0.1) is 5.82 Å². The van der Waals surface area contributed by atoms with E-state index in [1.165, 1.54) is 17.4 Å². The summed E-state index contributed by atoms with van der Waals surface area (Å²) < 4.78 is 14.3. The molecule has 90 valence electrons. The zero-order valence-electron chi connectivity index (χ0n) is 8.66. The van der Waals surface area contributed by atoms with Gasteiger partial charge in [0.1, 0.15) is 5.82 Å². The molecule has 0 saturated carbocycles. The van der Waals surface area contributed by atoms with Crippen molar-refractivity contribution in [3.05, 3.63) is 55.4 Å². The zero-order chi connectivity index (χ0) is 12.4. The lowest BCUT2D eigenvalue weighted by Crippen LogP contribution is -2.02. The fourth-order valence-corrected chi connectivity index (χ4v) is 3.19. The Bertz CT molecular complexity index is 529. The minimum Gasteiger partial charge on any atom is -0.388 e. The monoisotopic (exact) mass is 334 g/mol. The van der Waals surface area contributed by atoms with E-state index in [4.69, 9.17) is 11.6 Å². The summed E-state index contributed by atoms with van der Waals surface area (Å²) in [6.07, 6.45) is -0.311. The second-order valence-corrected chi connectivity index (χ2v) is 6.16. The topological polar surface area (TPSA) is 20.2 Å². The summed E-state index contributed by atoms with van der Waals surface area (Å²) in [6.45, 7) is 0. The quantitative estimate of drug-likeness (QED) is 0.870. The molecule has 5 heteroatoms. The minimum atomic E-state index is -0.741. The average Bonchev–Trinajstić information content (AvgIpc) is 2.68. The second-order valence-electron chi connectivity index (χ2n) is 3.57. The molecule has 2 rings (SSSR count). The average molecular weight is 336 g/mol. The van der Waals surface area contributed by atoms with Gasteiger partial charge in [0.05, 0.1) is 14.9 Å². The van der Waals surface area contributed by atoms with Crippen LogP contribution in [0.15, 0.2) is 34.8 Å². The molecule has 0 aliphatic carbocycles. The van der Waals surface area contributed by atoms with Crippen molar-refractivity contribution in [3.63, 3.8) is 0 Å². The van der Waals surface area contributed by atoms with Crippen molar-refractivity contribution in [2.24, 2.45) is 0 Å². The molecule has 0 aliphatic heterocycles. The Hall–Kier alpha value is -0.420. The summed E-state index contributed by atoms with van der Waals surface area (Å²) in [4.78, 5) is 0.971. The molecule has 2 aromatic rings. The van der Waals surface area contributed by atoms with Crippen LogP contribution < -0.4 is 0 Å². The van der Waals surface area contributed by atoms with Crippen molar-refractivity contribution in [1.29, 1.82) is 0 Å². The number of aliphatic hydroxyl groups excluding tert-OH is 1. The Labute approximate surface area is 116 Å². The molecule has 1 atom stereocenters. The molecule has 0 radical (unpaired) electrons. The highest BCUT2D eigenvalue weighted by Gasteiger charge is 2.15. The van der Waals surface area contributed by atoms with Crippen molar-refractivity contribution >= 4 is 38.9 Å². The van der Waals surface area contributed by atoms with Crippen LogP contribution in [0.5, 0.6) is 0 Å². The van der Waals surface area contributed by atoms with E-state index in [0.717, 1.165) is 4.88 Å². The number of rotatable bonds is 3. The number of hydrogen-bond acceptors (Lipinski definition) is 2. The van der Waals surface area contributed by atoms with E-state index in [0.29, 0.717) is 20.8 Å². The van der Waals surface area contributed by atoms with Crippen LogP contribution in [-0.4, -0.2) is 5.11 Å². The molecule has 1 heterocycles. The van der Waals surface area contributed by atoms with Crippen molar-refractivity contribution in [2.75, 3.05) is 0 Å². The minimum absolute atomic E-state index is 0.315. The van der Waals surface area contributed by atoms with Gasteiger partial charge in [-0.05, 0) is 39.7 Å². The van der Waals surface area contributed by atoms with Crippen LogP contribution in [0.1, 0.15) is 16.5 Å². The zero-order valence-corrected chi connectivity index (χ0v) is 11.8. The Kier molecular flexibility index (Phi) is 4.20. The molecule has 0 aliphatic rings. The molecule has 1 N–H and O–H groups in total. The van der Waals surface area contributed by atoms with Crippen LogP contribution in [0.3, 0.4) is 0 Å². The fraction of sp³-hybridized carbons (Fsp3) is 0.167. The molecule has 0 saturated heterocycles. The number of benzene rings is 1. The molecule has 17 heavy (non-hydrogen) atoms. The lowest BCUT2D eigenvalue weighted by Gasteiger charge is -2.12. The number of thiophene rings is 1. The molecular formula is C12H9BrClFOS. The highest BCUT2D eigenvalue weighted by molar-refractivity contribution is 9.10. The first-order chi connectivity index (χ1) is 8.08. The van der Waals surface area contributed by atoms with E-state index in [1.54, 1.807) is 18.2 Å². The molecule has 1 unspecified atom stereocenters. The van der Waals surface area contributed by atoms with Crippen molar-refractivity contribution in [2.45, 2.75) is 12.5 Å². The predicted octanol–water partition coefficient (Wildman–Crippen LogP) is 4.58. The molecule has 1 aromatic heterocycles. The van der Waals surface area contributed by atoms with Gasteiger partial charge in [0.25, 0.3) is 0 Å². The van der Waals surface area contributed by atoms with E-state index in [2.05, 4.69) is 15.9 Å². The molecule has 1 nitrogen and oxygen atoms in total. The van der Waals surface area contributed by atoms with Crippen LogP contribution in [-0.2, 0) is 6.42 Å². The molecule has 0 amide bonds. The van der Waals surface area contributed by atoms with Gasteiger partial charge in [-0.15, -0.1) is 11.3 Å². The van der Waals surface area contributed by atoms with E-state index < -0.39 is 6.10 Å². The third kappa shape index (κ3) is 3.07. The number of hydrogen-bond donors (Lipinski definition) is 1. The molecule has 0 fully saturated rings. The summed E-state index contributed by atoms with van der Waals surface area (Å²) in [5.41, 5.74) is 0.550. The van der Waals surface area contributed by atoms with Gasteiger partial charge in [-0.25, -0.2) is 4.39 Å². The van der Waals surface area contributed by atoms with E-state index in [1.807, 2.05) is 6.07 Å².